The predicted molar refractivity (Wildman–Crippen MR) is 91.7 cm³/mol. The van der Waals surface area contributed by atoms with Crippen LogP contribution in [0.15, 0.2) is 36.5 Å². The number of hydrogen-bond acceptors (Lipinski definition) is 3. The van der Waals surface area contributed by atoms with Gasteiger partial charge in [0.25, 0.3) is 0 Å². The molecule has 3 rings (SSSR count). The van der Waals surface area contributed by atoms with Crippen LogP contribution in [-0.4, -0.2) is 39.4 Å². The van der Waals surface area contributed by atoms with Crippen LogP contribution in [0.3, 0.4) is 0 Å². The Labute approximate surface area is 143 Å². The number of rotatable bonds is 3. The molecular formula is C16H14Cl2N4O. The van der Waals surface area contributed by atoms with Crippen molar-refractivity contribution in [3.05, 3.63) is 46.6 Å². The highest BCUT2D eigenvalue weighted by molar-refractivity contribution is 6.34. The van der Waals surface area contributed by atoms with E-state index in [4.69, 9.17) is 23.2 Å². The molecule has 5 nitrogen and oxygen atoms in total. The molecule has 2 heterocycles. The largest absolute Gasteiger partial charge is 0.347 e. The van der Waals surface area contributed by atoms with E-state index >= 15 is 0 Å². The summed E-state index contributed by atoms with van der Waals surface area (Å²) in [7, 11) is 3.42. The number of carbonyl (C=O) groups is 1. The molecule has 0 saturated carbocycles. The Morgan fingerprint density at radius 3 is 2.52 bits per heavy atom. The van der Waals surface area contributed by atoms with Gasteiger partial charge in [-0.1, -0.05) is 23.2 Å². The number of nitrogens with zero attached hydrogens (tertiary/aromatic N) is 4. The molecule has 0 N–H and O–H groups in total. The Bertz CT molecular complexity index is 872. The summed E-state index contributed by atoms with van der Waals surface area (Å²) in [5, 5.41) is 1.14. The average Bonchev–Trinajstić information content (AvgIpc) is 2.88. The summed E-state index contributed by atoms with van der Waals surface area (Å²) < 4.78 is 1.77. The Kier molecular flexibility index (Phi) is 4.24. The summed E-state index contributed by atoms with van der Waals surface area (Å²) in [5.41, 5.74) is 2.00. The van der Waals surface area contributed by atoms with E-state index in [-0.39, 0.29) is 12.5 Å². The minimum atomic E-state index is -0.0544. The Hall–Kier alpha value is -2.11. The maximum absolute atomic E-state index is 12.2. The van der Waals surface area contributed by atoms with Crippen molar-refractivity contribution < 1.29 is 4.79 Å². The van der Waals surface area contributed by atoms with Gasteiger partial charge in [-0.25, -0.2) is 9.97 Å². The van der Waals surface area contributed by atoms with E-state index in [0.29, 0.717) is 27.0 Å². The van der Waals surface area contributed by atoms with E-state index in [1.165, 1.54) is 4.90 Å². The maximum atomic E-state index is 12.2. The second kappa shape index (κ2) is 6.18. The Morgan fingerprint density at radius 2 is 1.87 bits per heavy atom. The summed E-state index contributed by atoms with van der Waals surface area (Å²) >= 11 is 12.2. The van der Waals surface area contributed by atoms with Crippen molar-refractivity contribution >= 4 is 40.3 Å². The molecule has 1 amide bonds. The lowest BCUT2D eigenvalue weighted by Gasteiger charge is -2.13. The molecule has 23 heavy (non-hydrogen) atoms. The van der Waals surface area contributed by atoms with Crippen LogP contribution < -0.4 is 0 Å². The van der Waals surface area contributed by atoms with Crippen molar-refractivity contribution in [1.82, 2.24) is 19.4 Å². The van der Waals surface area contributed by atoms with Crippen LogP contribution in [0.5, 0.6) is 0 Å². The van der Waals surface area contributed by atoms with Crippen molar-refractivity contribution in [3.8, 4) is 11.4 Å². The fourth-order valence-electron chi connectivity index (χ4n) is 2.23. The lowest BCUT2D eigenvalue weighted by atomic mass is 10.2. The topological polar surface area (TPSA) is 51.0 Å². The van der Waals surface area contributed by atoms with Crippen LogP contribution in [0.25, 0.3) is 22.6 Å². The second-order valence-electron chi connectivity index (χ2n) is 5.28. The number of imidazole rings is 1. The number of likely N-dealkylation sites (N-methyl/N-ethyl adjacent to an activating group) is 1. The number of pyridine rings is 1. The van der Waals surface area contributed by atoms with Gasteiger partial charge in [0.1, 0.15) is 17.9 Å². The summed E-state index contributed by atoms with van der Waals surface area (Å²) in [6, 6.07) is 8.95. The molecule has 0 aliphatic rings. The third-order valence-electron chi connectivity index (χ3n) is 3.48. The van der Waals surface area contributed by atoms with Gasteiger partial charge in [0, 0.05) is 30.9 Å². The number of benzene rings is 1. The normalized spacial score (nSPS) is 11.0. The third-order valence-corrected chi connectivity index (χ3v) is 4.04. The lowest BCUT2D eigenvalue weighted by molar-refractivity contribution is -0.129. The number of halogens is 2. The van der Waals surface area contributed by atoms with Gasteiger partial charge in [0.15, 0.2) is 5.65 Å². The molecule has 118 valence electrons. The first-order chi connectivity index (χ1) is 11.0. The van der Waals surface area contributed by atoms with Gasteiger partial charge < -0.3 is 4.90 Å². The van der Waals surface area contributed by atoms with Crippen molar-refractivity contribution in [2.24, 2.45) is 0 Å². The number of fused-ring (bicyclic) bond motifs is 1. The monoisotopic (exact) mass is 348 g/mol. The van der Waals surface area contributed by atoms with Crippen LogP contribution in [0.4, 0.5) is 0 Å². The number of carbonyl (C=O) groups excluding carboxylic acids is 1. The van der Waals surface area contributed by atoms with E-state index < -0.39 is 0 Å². The highest BCUT2D eigenvalue weighted by Gasteiger charge is 2.18. The van der Waals surface area contributed by atoms with Crippen LogP contribution in [-0.2, 0) is 11.3 Å². The third kappa shape index (κ3) is 3.02. The van der Waals surface area contributed by atoms with Gasteiger partial charge in [-0.15, -0.1) is 0 Å². The highest BCUT2D eigenvalue weighted by Crippen LogP contribution is 2.28. The van der Waals surface area contributed by atoms with E-state index in [9.17, 15) is 4.79 Å². The van der Waals surface area contributed by atoms with Crippen LogP contribution in [0.2, 0.25) is 10.0 Å². The van der Waals surface area contributed by atoms with Crippen molar-refractivity contribution in [3.63, 3.8) is 0 Å². The molecule has 7 heteroatoms. The minimum Gasteiger partial charge on any atom is -0.347 e. The number of hydrogen-bond donors (Lipinski definition) is 0. The molecule has 3 aromatic rings. The zero-order valence-electron chi connectivity index (χ0n) is 12.6. The summed E-state index contributed by atoms with van der Waals surface area (Å²) in [6.45, 7) is 0.134. The Morgan fingerprint density at radius 1 is 1.17 bits per heavy atom. The number of aromatic nitrogens is 3. The zero-order chi connectivity index (χ0) is 16.6. The predicted octanol–water partition coefficient (Wildman–Crippen LogP) is 3.49. The van der Waals surface area contributed by atoms with Gasteiger partial charge in [-0.3, -0.25) is 9.36 Å². The minimum absolute atomic E-state index is 0.0544. The average molecular weight is 349 g/mol. The molecule has 0 bridgehead atoms. The van der Waals surface area contributed by atoms with E-state index in [2.05, 4.69) is 9.97 Å². The SMILES string of the molecule is CN(C)C(=O)Cn1c(-c2ccc(Cl)cc2)nc2c(Cl)ccnc21. The quantitative estimate of drug-likeness (QED) is 0.727. The molecule has 1 aromatic carbocycles. The second-order valence-corrected chi connectivity index (χ2v) is 6.13. The van der Waals surface area contributed by atoms with Gasteiger partial charge >= 0.3 is 0 Å². The standard InChI is InChI=1S/C16H14Cl2N4O/c1-21(2)13(23)9-22-15(10-3-5-11(17)6-4-10)20-14-12(18)7-8-19-16(14)22/h3-8H,9H2,1-2H3. The van der Waals surface area contributed by atoms with Gasteiger partial charge in [-0.05, 0) is 30.3 Å². The van der Waals surface area contributed by atoms with Gasteiger partial charge in [0.2, 0.25) is 5.91 Å². The highest BCUT2D eigenvalue weighted by atomic mass is 35.5. The van der Waals surface area contributed by atoms with Gasteiger partial charge in [0.05, 0.1) is 5.02 Å². The zero-order valence-corrected chi connectivity index (χ0v) is 14.1. The molecule has 0 saturated heterocycles. The van der Waals surface area contributed by atoms with Crippen molar-refractivity contribution in [1.29, 1.82) is 0 Å². The molecule has 0 unspecified atom stereocenters. The van der Waals surface area contributed by atoms with Crippen LogP contribution in [0.1, 0.15) is 0 Å². The van der Waals surface area contributed by atoms with Gasteiger partial charge in [-0.2, -0.15) is 0 Å². The smallest absolute Gasteiger partial charge is 0.242 e. The number of amides is 1. The summed E-state index contributed by atoms with van der Waals surface area (Å²) in [6.07, 6.45) is 1.61. The molecule has 0 atom stereocenters. The van der Waals surface area contributed by atoms with Crippen molar-refractivity contribution in [2.75, 3.05) is 14.1 Å². The van der Waals surface area contributed by atoms with E-state index in [1.807, 2.05) is 12.1 Å². The van der Waals surface area contributed by atoms with E-state index in [0.717, 1.165) is 5.56 Å². The van der Waals surface area contributed by atoms with E-state index in [1.54, 1.807) is 43.1 Å². The molecule has 0 spiro atoms. The molecular weight excluding hydrogens is 335 g/mol. The molecule has 0 aliphatic heterocycles. The maximum Gasteiger partial charge on any atom is 0.242 e. The van der Waals surface area contributed by atoms with Crippen molar-refractivity contribution in [2.45, 2.75) is 6.54 Å². The first-order valence-corrected chi connectivity index (χ1v) is 7.70. The fourth-order valence-corrected chi connectivity index (χ4v) is 2.54. The van der Waals surface area contributed by atoms with Crippen LogP contribution in [0, 0.1) is 0 Å². The molecule has 0 fully saturated rings. The lowest BCUT2D eigenvalue weighted by Crippen LogP contribution is -2.26. The summed E-state index contributed by atoms with van der Waals surface area (Å²) in [5.74, 6) is 0.578. The fraction of sp³-hybridized carbons (Fsp3) is 0.188. The summed E-state index contributed by atoms with van der Waals surface area (Å²) in [4.78, 5) is 22.6. The first kappa shape index (κ1) is 15.8. The first-order valence-electron chi connectivity index (χ1n) is 6.94. The Balaban J connectivity index is 2.21. The van der Waals surface area contributed by atoms with Crippen LogP contribution >= 0.6 is 23.2 Å². The molecule has 2 aromatic heterocycles. The molecule has 0 aliphatic carbocycles. The molecule has 0 radical (unpaired) electrons.